The molecule has 0 aromatic rings. The molecular formula is C9H19O11P. The van der Waals surface area contributed by atoms with Crippen molar-refractivity contribution in [3.8, 4) is 0 Å². The number of carbonyl (C=O) groups excluding carboxylic acids is 1. The standard InChI is InChI=1S/C9H19O11P/c10-1-6(13)8(14)9(15)7(2-11)19-3-5(12)4-20-21(16,17)18/h2,5-10,12-15H,1,3-4H2,(H2,16,17,18)/t5?,6-,7+,8-,9-/m1/s1. The molecule has 0 aliphatic rings. The van der Waals surface area contributed by atoms with Crippen LogP contribution in [0.15, 0.2) is 0 Å². The van der Waals surface area contributed by atoms with Gasteiger partial charge in [-0.3, -0.25) is 4.52 Å². The second kappa shape index (κ2) is 9.54. The Kier molecular flexibility index (Phi) is 9.33. The van der Waals surface area contributed by atoms with Gasteiger partial charge in [0.2, 0.25) is 0 Å². The monoisotopic (exact) mass is 334 g/mol. The van der Waals surface area contributed by atoms with E-state index in [0.29, 0.717) is 0 Å². The number of phosphoric acid groups is 1. The summed E-state index contributed by atoms with van der Waals surface area (Å²) < 4.78 is 19.1. The molecule has 0 radical (unpaired) electrons. The molecule has 0 aliphatic carbocycles. The summed E-state index contributed by atoms with van der Waals surface area (Å²) in [6.07, 6.45) is -8.49. The number of carbonyl (C=O) groups is 1. The number of phosphoric ester groups is 1. The molecule has 0 aromatic carbocycles. The summed E-state index contributed by atoms with van der Waals surface area (Å²) in [5.41, 5.74) is 0. The van der Waals surface area contributed by atoms with Crippen molar-refractivity contribution in [3.63, 3.8) is 0 Å². The van der Waals surface area contributed by atoms with Crippen molar-refractivity contribution >= 4 is 14.1 Å². The van der Waals surface area contributed by atoms with Gasteiger partial charge < -0.3 is 44.9 Å². The smallest absolute Gasteiger partial charge is 0.394 e. The number of aldehydes is 1. The number of rotatable bonds is 11. The van der Waals surface area contributed by atoms with Crippen molar-refractivity contribution in [2.75, 3.05) is 19.8 Å². The van der Waals surface area contributed by atoms with Crippen LogP contribution < -0.4 is 0 Å². The third-order valence-electron chi connectivity index (χ3n) is 2.32. The van der Waals surface area contributed by atoms with E-state index in [-0.39, 0.29) is 6.29 Å². The molecule has 0 saturated heterocycles. The van der Waals surface area contributed by atoms with Crippen molar-refractivity contribution in [3.05, 3.63) is 0 Å². The highest BCUT2D eigenvalue weighted by atomic mass is 31.2. The van der Waals surface area contributed by atoms with Gasteiger partial charge in [-0.05, 0) is 0 Å². The van der Waals surface area contributed by atoms with E-state index >= 15 is 0 Å². The first kappa shape index (κ1) is 20.5. The summed E-state index contributed by atoms with van der Waals surface area (Å²) in [7, 11) is -4.76. The highest BCUT2D eigenvalue weighted by molar-refractivity contribution is 7.46. The summed E-state index contributed by atoms with van der Waals surface area (Å²) in [5, 5.41) is 45.9. The van der Waals surface area contributed by atoms with E-state index in [2.05, 4.69) is 4.52 Å². The van der Waals surface area contributed by atoms with Gasteiger partial charge in [0.1, 0.15) is 30.5 Å². The van der Waals surface area contributed by atoms with Crippen LogP contribution in [0.1, 0.15) is 0 Å². The Morgan fingerprint density at radius 2 is 1.62 bits per heavy atom. The Labute approximate surface area is 119 Å². The highest BCUT2D eigenvalue weighted by Gasteiger charge is 2.32. The predicted octanol–water partition coefficient (Wildman–Crippen LogP) is -3.88. The molecule has 0 bridgehead atoms. The largest absolute Gasteiger partial charge is 0.469 e. The maximum atomic E-state index is 10.7. The molecule has 7 N–H and O–H groups in total. The molecule has 0 fully saturated rings. The zero-order chi connectivity index (χ0) is 16.6. The molecule has 0 aromatic heterocycles. The minimum absolute atomic E-state index is 0.0918. The molecular weight excluding hydrogens is 315 g/mol. The van der Waals surface area contributed by atoms with E-state index in [4.69, 9.17) is 24.7 Å². The average molecular weight is 334 g/mol. The first-order valence-corrected chi connectivity index (χ1v) is 7.25. The van der Waals surface area contributed by atoms with Crippen LogP contribution >= 0.6 is 7.82 Å². The third kappa shape index (κ3) is 8.53. The maximum Gasteiger partial charge on any atom is 0.469 e. The lowest BCUT2D eigenvalue weighted by molar-refractivity contribution is -0.151. The Bertz CT molecular complexity index is 345. The molecule has 12 heteroatoms. The highest BCUT2D eigenvalue weighted by Crippen LogP contribution is 2.35. The summed E-state index contributed by atoms with van der Waals surface area (Å²) in [6, 6.07) is 0. The van der Waals surface area contributed by atoms with Crippen LogP contribution in [0.5, 0.6) is 0 Å². The molecule has 126 valence electrons. The zero-order valence-electron chi connectivity index (χ0n) is 10.8. The van der Waals surface area contributed by atoms with E-state index in [1.807, 2.05) is 0 Å². The van der Waals surface area contributed by atoms with Gasteiger partial charge >= 0.3 is 7.82 Å². The lowest BCUT2D eigenvalue weighted by atomic mass is 10.0. The average Bonchev–Trinajstić information content (AvgIpc) is 2.42. The van der Waals surface area contributed by atoms with Crippen LogP contribution in [0.3, 0.4) is 0 Å². The van der Waals surface area contributed by atoms with Gasteiger partial charge in [-0.1, -0.05) is 0 Å². The van der Waals surface area contributed by atoms with Crippen molar-refractivity contribution in [2.45, 2.75) is 30.5 Å². The fourth-order valence-electron chi connectivity index (χ4n) is 1.20. The minimum Gasteiger partial charge on any atom is -0.394 e. The van der Waals surface area contributed by atoms with Crippen LogP contribution in [0.25, 0.3) is 0 Å². The first-order chi connectivity index (χ1) is 9.62. The van der Waals surface area contributed by atoms with Gasteiger partial charge in [-0.25, -0.2) is 4.57 Å². The van der Waals surface area contributed by atoms with E-state index in [1.165, 1.54) is 0 Å². The molecule has 0 amide bonds. The van der Waals surface area contributed by atoms with Crippen LogP contribution in [0.2, 0.25) is 0 Å². The predicted molar refractivity (Wildman–Crippen MR) is 64.9 cm³/mol. The van der Waals surface area contributed by atoms with E-state index in [0.717, 1.165) is 0 Å². The fraction of sp³-hybridized carbons (Fsp3) is 0.889. The Balaban J connectivity index is 4.31. The van der Waals surface area contributed by atoms with E-state index in [9.17, 15) is 24.7 Å². The SMILES string of the molecule is O=C[C@H](OCC(O)COP(=O)(O)O)[C@@H](O)[C@H](O)[C@H](O)CO. The molecule has 0 spiro atoms. The second-order valence-electron chi connectivity index (χ2n) is 4.11. The van der Waals surface area contributed by atoms with Gasteiger partial charge in [0, 0.05) is 0 Å². The summed E-state index contributed by atoms with van der Waals surface area (Å²) in [6.45, 7) is -2.28. The van der Waals surface area contributed by atoms with Crippen molar-refractivity contribution in [1.29, 1.82) is 0 Å². The summed E-state index contributed by atoms with van der Waals surface area (Å²) >= 11 is 0. The number of hydrogen-bond donors (Lipinski definition) is 7. The van der Waals surface area contributed by atoms with Crippen molar-refractivity contribution < 1.29 is 53.9 Å². The molecule has 21 heavy (non-hydrogen) atoms. The number of hydrogen-bond acceptors (Lipinski definition) is 9. The zero-order valence-corrected chi connectivity index (χ0v) is 11.7. The molecule has 5 atom stereocenters. The number of ether oxygens (including phenoxy) is 1. The van der Waals surface area contributed by atoms with Gasteiger partial charge in [-0.2, -0.15) is 0 Å². The molecule has 0 rings (SSSR count). The number of aliphatic hydroxyl groups is 5. The molecule has 0 heterocycles. The van der Waals surface area contributed by atoms with E-state index in [1.54, 1.807) is 0 Å². The van der Waals surface area contributed by atoms with Gasteiger partial charge in [0.15, 0.2) is 6.29 Å². The summed E-state index contributed by atoms with van der Waals surface area (Å²) in [5.74, 6) is 0. The van der Waals surface area contributed by atoms with Gasteiger partial charge in [0.05, 0.1) is 19.8 Å². The van der Waals surface area contributed by atoms with Crippen LogP contribution in [-0.2, 0) is 18.6 Å². The lowest BCUT2D eigenvalue weighted by Crippen LogP contribution is -2.48. The van der Waals surface area contributed by atoms with Gasteiger partial charge in [-0.15, -0.1) is 0 Å². The quantitative estimate of drug-likeness (QED) is 0.144. The molecule has 11 nitrogen and oxygen atoms in total. The second-order valence-corrected chi connectivity index (χ2v) is 5.34. The fourth-order valence-corrected chi connectivity index (χ4v) is 1.57. The van der Waals surface area contributed by atoms with Crippen molar-refractivity contribution in [1.82, 2.24) is 0 Å². The van der Waals surface area contributed by atoms with Crippen molar-refractivity contribution in [2.24, 2.45) is 0 Å². The first-order valence-electron chi connectivity index (χ1n) is 5.72. The Hall–Kier alpha value is -0.460. The maximum absolute atomic E-state index is 10.7. The Morgan fingerprint density at radius 3 is 2.05 bits per heavy atom. The van der Waals surface area contributed by atoms with E-state index < -0.39 is 58.2 Å². The lowest BCUT2D eigenvalue weighted by Gasteiger charge is -2.26. The van der Waals surface area contributed by atoms with Crippen LogP contribution in [0, 0.1) is 0 Å². The van der Waals surface area contributed by atoms with Gasteiger partial charge in [0.25, 0.3) is 0 Å². The minimum atomic E-state index is -4.76. The third-order valence-corrected chi connectivity index (χ3v) is 2.80. The normalized spacial score (nSPS) is 19.6. The molecule has 1 unspecified atom stereocenters. The molecule has 0 saturated carbocycles. The number of aliphatic hydroxyl groups excluding tert-OH is 5. The molecule has 0 aliphatic heterocycles. The summed E-state index contributed by atoms with van der Waals surface area (Å²) in [4.78, 5) is 27.5. The Morgan fingerprint density at radius 1 is 1.05 bits per heavy atom. The van der Waals surface area contributed by atoms with Crippen LogP contribution in [-0.4, -0.2) is 91.9 Å². The van der Waals surface area contributed by atoms with Crippen LogP contribution in [0.4, 0.5) is 0 Å². The topological polar surface area (TPSA) is 194 Å².